The predicted molar refractivity (Wildman–Crippen MR) is 60.5 cm³/mol. The molecule has 0 rings (SSSR count). The molecule has 1 N–H and O–H groups in total. The Hall–Kier alpha value is 0.210. The monoisotopic (exact) mass is 206 g/mol. The normalized spacial score (nSPS) is 14.1. The van der Waals surface area contributed by atoms with Crippen LogP contribution in [0.2, 0.25) is 0 Å². The Balaban J connectivity index is 3.16. The third-order valence-corrected chi connectivity index (χ3v) is 2.68. The molecule has 1 unspecified atom stereocenters. The van der Waals surface area contributed by atoms with Gasteiger partial charge in [-0.1, -0.05) is 13.8 Å². The van der Waals surface area contributed by atoms with E-state index in [0.29, 0.717) is 5.92 Å². The zero-order valence-corrected chi connectivity index (χ0v) is 10.1. The topological polar surface area (TPSA) is 15.3 Å². The van der Waals surface area contributed by atoms with Gasteiger partial charge in [-0.25, -0.2) is 0 Å². The number of hydrogen-bond acceptors (Lipinski definition) is 2. The van der Waals surface area contributed by atoms with E-state index in [-0.39, 0.29) is 5.38 Å². The summed E-state index contributed by atoms with van der Waals surface area (Å²) in [6.45, 7) is 7.43. The molecule has 0 heterocycles. The van der Waals surface area contributed by atoms with Crippen LogP contribution in [0.5, 0.6) is 0 Å². The minimum Gasteiger partial charge on any atom is -0.315 e. The zero-order chi connectivity index (χ0) is 10.3. The van der Waals surface area contributed by atoms with Crippen LogP contribution in [0.15, 0.2) is 0 Å². The highest BCUT2D eigenvalue weighted by Gasteiger charge is 2.07. The van der Waals surface area contributed by atoms with E-state index >= 15 is 0 Å². The van der Waals surface area contributed by atoms with Crippen molar-refractivity contribution in [3.8, 4) is 0 Å². The van der Waals surface area contributed by atoms with Gasteiger partial charge >= 0.3 is 0 Å². The standard InChI is InChI=1S/C10H23ClN2/c1-9(2)10(11)8-12-6-5-7-13(3)4/h9-10,12H,5-8H2,1-4H3. The first-order chi connectivity index (χ1) is 6.04. The van der Waals surface area contributed by atoms with Crippen molar-refractivity contribution in [1.29, 1.82) is 0 Å². The molecule has 0 aromatic rings. The number of rotatable bonds is 7. The number of alkyl halides is 1. The molecular weight excluding hydrogens is 184 g/mol. The van der Waals surface area contributed by atoms with Crippen LogP contribution in [0, 0.1) is 5.92 Å². The van der Waals surface area contributed by atoms with E-state index in [0.717, 1.165) is 19.6 Å². The van der Waals surface area contributed by atoms with Crippen molar-refractivity contribution >= 4 is 11.6 Å². The number of nitrogens with zero attached hydrogens (tertiary/aromatic N) is 1. The van der Waals surface area contributed by atoms with Crippen LogP contribution in [0.3, 0.4) is 0 Å². The van der Waals surface area contributed by atoms with Crippen LogP contribution in [-0.2, 0) is 0 Å². The van der Waals surface area contributed by atoms with Crippen LogP contribution in [0.25, 0.3) is 0 Å². The smallest absolute Gasteiger partial charge is 0.0483 e. The molecule has 0 aliphatic carbocycles. The average molecular weight is 207 g/mol. The van der Waals surface area contributed by atoms with E-state index in [1.54, 1.807) is 0 Å². The second-order valence-electron chi connectivity index (χ2n) is 4.12. The van der Waals surface area contributed by atoms with Gasteiger partial charge in [0, 0.05) is 11.9 Å². The third-order valence-electron chi connectivity index (χ3n) is 2.02. The van der Waals surface area contributed by atoms with Gasteiger partial charge < -0.3 is 10.2 Å². The molecule has 0 saturated carbocycles. The first kappa shape index (κ1) is 13.2. The van der Waals surface area contributed by atoms with Gasteiger partial charge in [0.15, 0.2) is 0 Å². The van der Waals surface area contributed by atoms with E-state index in [1.807, 2.05) is 0 Å². The highest BCUT2D eigenvalue weighted by molar-refractivity contribution is 6.20. The molecule has 0 spiro atoms. The number of hydrogen-bond donors (Lipinski definition) is 1. The molecule has 1 atom stereocenters. The minimum absolute atomic E-state index is 0.263. The Bertz CT molecular complexity index is 115. The maximum Gasteiger partial charge on any atom is 0.0483 e. The minimum atomic E-state index is 0.263. The molecule has 0 saturated heterocycles. The third kappa shape index (κ3) is 8.54. The van der Waals surface area contributed by atoms with Gasteiger partial charge in [-0.15, -0.1) is 11.6 Å². The van der Waals surface area contributed by atoms with Gasteiger partial charge in [-0.05, 0) is 39.5 Å². The van der Waals surface area contributed by atoms with Gasteiger partial charge in [-0.2, -0.15) is 0 Å². The Morgan fingerprint density at radius 2 is 1.92 bits per heavy atom. The zero-order valence-electron chi connectivity index (χ0n) is 9.31. The van der Waals surface area contributed by atoms with Gasteiger partial charge in [0.25, 0.3) is 0 Å². The fourth-order valence-corrected chi connectivity index (χ4v) is 1.11. The summed E-state index contributed by atoms with van der Waals surface area (Å²) in [6, 6.07) is 0. The maximum atomic E-state index is 6.08. The molecule has 0 bridgehead atoms. The molecule has 0 aliphatic rings. The van der Waals surface area contributed by atoms with Crippen molar-refractivity contribution in [2.45, 2.75) is 25.6 Å². The fraction of sp³-hybridized carbons (Fsp3) is 1.00. The first-order valence-electron chi connectivity index (χ1n) is 5.03. The van der Waals surface area contributed by atoms with E-state index < -0.39 is 0 Å². The van der Waals surface area contributed by atoms with E-state index in [4.69, 9.17) is 11.6 Å². The Morgan fingerprint density at radius 1 is 1.31 bits per heavy atom. The average Bonchev–Trinajstić information content (AvgIpc) is 2.02. The van der Waals surface area contributed by atoms with E-state index in [9.17, 15) is 0 Å². The van der Waals surface area contributed by atoms with Gasteiger partial charge in [0.1, 0.15) is 0 Å². The summed E-state index contributed by atoms with van der Waals surface area (Å²) in [6.07, 6.45) is 1.19. The molecule has 0 radical (unpaired) electrons. The molecule has 2 nitrogen and oxygen atoms in total. The summed E-state index contributed by atoms with van der Waals surface area (Å²) >= 11 is 6.08. The molecule has 0 aromatic carbocycles. The van der Waals surface area contributed by atoms with Crippen molar-refractivity contribution < 1.29 is 0 Å². The highest BCUT2D eigenvalue weighted by Crippen LogP contribution is 2.07. The summed E-state index contributed by atoms with van der Waals surface area (Å²) in [7, 11) is 4.19. The molecule has 80 valence electrons. The summed E-state index contributed by atoms with van der Waals surface area (Å²) < 4.78 is 0. The SMILES string of the molecule is CC(C)C(Cl)CNCCCN(C)C. The van der Waals surface area contributed by atoms with Crippen molar-refractivity contribution in [3.05, 3.63) is 0 Å². The van der Waals surface area contributed by atoms with Crippen LogP contribution >= 0.6 is 11.6 Å². The van der Waals surface area contributed by atoms with E-state index in [2.05, 4.69) is 38.2 Å². The lowest BCUT2D eigenvalue weighted by Gasteiger charge is -2.14. The first-order valence-corrected chi connectivity index (χ1v) is 5.47. The number of halogens is 1. The Kier molecular flexibility index (Phi) is 7.72. The molecule has 3 heteroatoms. The Labute approximate surface area is 87.6 Å². The van der Waals surface area contributed by atoms with E-state index in [1.165, 1.54) is 6.42 Å². The quantitative estimate of drug-likeness (QED) is 0.505. The lowest BCUT2D eigenvalue weighted by Crippen LogP contribution is -2.29. The van der Waals surface area contributed by atoms with Crippen LogP contribution in [-0.4, -0.2) is 44.0 Å². The maximum absolute atomic E-state index is 6.08. The molecule has 0 amide bonds. The number of nitrogens with one attached hydrogen (secondary N) is 1. The van der Waals surface area contributed by atoms with Crippen molar-refractivity contribution in [3.63, 3.8) is 0 Å². The van der Waals surface area contributed by atoms with Crippen LogP contribution in [0.1, 0.15) is 20.3 Å². The van der Waals surface area contributed by atoms with Gasteiger partial charge in [0.2, 0.25) is 0 Å². The van der Waals surface area contributed by atoms with Gasteiger partial charge in [0.05, 0.1) is 0 Å². The second kappa shape index (κ2) is 7.60. The van der Waals surface area contributed by atoms with Gasteiger partial charge in [-0.3, -0.25) is 0 Å². The van der Waals surface area contributed by atoms with Crippen molar-refractivity contribution in [2.75, 3.05) is 33.7 Å². The summed E-state index contributed by atoms with van der Waals surface area (Å²) in [5.41, 5.74) is 0. The lowest BCUT2D eigenvalue weighted by atomic mass is 10.1. The summed E-state index contributed by atoms with van der Waals surface area (Å²) in [5, 5.41) is 3.63. The molecular formula is C10H23ClN2. The predicted octanol–water partition coefficient (Wildman–Crippen LogP) is 1.79. The molecule has 0 fully saturated rings. The highest BCUT2D eigenvalue weighted by atomic mass is 35.5. The largest absolute Gasteiger partial charge is 0.315 e. The summed E-state index contributed by atoms with van der Waals surface area (Å²) in [4.78, 5) is 2.20. The van der Waals surface area contributed by atoms with Crippen LogP contribution in [0.4, 0.5) is 0 Å². The van der Waals surface area contributed by atoms with Crippen molar-refractivity contribution in [1.82, 2.24) is 10.2 Å². The van der Waals surface area contributed by atoms with Crippen molar-refractivity contribution in [2.24, 2.45) is 5.92 Å². The lowest BCUT2D eigenvalue weighted by molar-refractivity contribution is 0.393. The second-order valence-corrected chi connectivity index (χ2v) is 4.68. The Morgan fingerprint density at radius 3 is 2.38 bits per heavy atom. The summed E-state index contributed by atoms with van der Waals surface area (Å²) in [5.74, 6) is 0.558. The fourth-order valence-electron chi connectivity index (χ4n) is 0.996. The molecule has 0 aliphatic heterocycles. The molecule has 13 heavy (non-hydrogen) atoms. The van der Waals surface area contributed by atoms with Crippen LogP contribution < -0.4 is 5.32 Å². The molecule has 0 aromatic heterocycles.